The fourth-order valence-corrected chi connectivity index (χ4v) is 4.31. The molecule has 3 aromatic rings. The highest BCUT2D eigenvalue weighted by Crippen LogP contribution is 2.32. The maximum atomic E-state index is 13.0. The number of hydrogen-bond donors (Lipinski definition) is 0. The van der Waals surface area contributed by atoms with E-state index < -0.39 is 18.1 Å². The number of aromatic nitrogens is 1. The zero-order valence-corrected chi connectivity index (χ0v) is 20.7. The molecule has 0 saturated carbocycles. The Labute approximate surface area is 216 Å². The largest absolute Gasteiger partial charge is 0.573 e. The first-order valence-electron chi connectivity index (χ1n) is 12.2. The third-order valence-corrected chi connectivity index (χ3v) is 6.41. The van der Waals surface area contributed by atoms with Crippen LogP contribution in [0.4, 0.5) is 32.0 Å². The highest BCUT2D eigenvalue weighted by molar-refractivity contribution is 5.59. The molecule has 2 heterocycles. The smallest absolute Gasteiger partial charge is 0.406 e. The number of rotatable bonds is 9. The number of piperazine rings is 1. The minimum Gasteiger partial charge on any atom is -0.406 e. The van der Waals surface area contributed by atoms with E-state index in [9.17, 15) is 26.3 Å². The number of ether oxygens (including phenoxy) is 1. The highest BCUT2D eigenvalue weighted by atomic mass is 19.4. The second-order valence-corrected chi connectivity index (χ2v) is 9.00. The van der Waals surface area contributed by atoms with E-state index in [4.69, 9.17) is 4.52 Å². The van der Waals surface area contributed by atoms with Crippen LogP contribution in [-0.2, 0) is 12.7 Å². The first kappa shape index (κ1) is 27.8. The number of halogens is 6. The van der Waals surface area contributed by atoms with Gasteiger partial charge in [-0.15, -0.1) is 13.2 Å². The number of hydrogen-bond acceptors (Lipinski definition) is 6. The van der Waals surface area contributed by atoms with E-state index in [0.29, 0.717) is 42.3 Å². The SMILES string of the molecule is CCN(CCN1CCN(c2cccc(C(F)(F)F)c2)CC1)Cc1cc(-c2ccc(OC(F)(F)F)cc2)no1. The lowest BCUT2D eigenvalue weighted by Crippen LogP contribution is -2.48. The summed E-state index contributed by atoms with van der Waals surface area (Å²) >= 11 is 0. The summed E-state index contributed by atoms with van der Waals surface area (Å²) in [5.41, 5.74) is 1.06. The van der Waals surface area contributed by atoms with Gasteiger partial charge in [-0.3, -0.25) is 9.80 Å². The summed E-state index contributed by atoms with van der Waals surface area (Å²) < 4.78 is 85.5. The third kappa shape index (κ3) is 7.64. The summed E-state index contributed by atoms with van der Waals surface area (Å²) in [7, 11) is 0. The Balaban J connectivity index is 1.25. The molecule has 1 fully saturated rings. The van der Waals surface area contributed by atoms with Gasteiger partial charge in [0.2, 0.25) is 0 Å². The minimum atomic E-state index is -4.75. The van der Waals surface area contributed by atoms with Crippen LogP contribution in [0.3, 0.4) is 0 Å². The van der Waals surface area contributed by atoms with Crippen LogP contribution in [0.2, 0.25) is 0 Å². The average molecular weight is 543 g/mol. The van der Waals surface area contributed by atoms with Crippen molar-refractivity contribution in [3.63, 3.8) is 0 Å². The highest BCUT2D eigenvalue weighted by Gasteiger charge is 2.32. The zero-order chi connectivity index (χ0) is 27.3. The van der Waals surface area contributed by atoms with Gasteiger partial charge in [-0.1, -0.05) is 18.1 Å². The molecule has 206 valence electrons. The van der Waals surface area contributed by atoms with Gasteiger partial charge in [-0.2, -0.15) is 13.2 Å². The van der Waals surface area contributed by atoms with Gasteiger partial charge in [0.1, 0.15) is 11.4 Å². The molecule has 1 aromatic heterocycles. The predicted octanol–water partition coefficient (Wildman–Crippen LogP) is 5.90. The van der Waals surface area contributed by atoms with Crippen molar-refractivity contribution in [1.82, 2.24) is 15.0 Å². The summed E-state index contributed by atoms with van der Waals surface area (Å²) in [6.45, 7) is 7.65. The fourth-order valence-electron chi connectivity index (χ4n) is 4.31. The molecule has 38 heavy (non-hydrogen) atoms. The Hall–Kier alpha value is -3.25. The molecule has 0 atom stereocenters. The molecule has 4 rings (SSSR count). The van der Waals surface area contributed by atoms with Crippen LogP contribution >= 0.6 is 0 Å². The topological polar surface area (TPSA) is 45.0 Å². The summed E-state index contributed by atoms with van der Waals surface area (Å²) in [6, 6.07) is 12.6. The van der Waals surface area contributed by atoms with Crippen molar-refractivity contribution in [2.24, 2.45) is 0 Å². The van der Waals surface area contributed by atoms with E-state index in [1.165, 1.54) is 36.4 Å². The molecule has 1 saturated heterocycles. The number of likely N-dealkylation sites (N-methyl/N-ethyl adjacent to an activating group) is 1. The summed E-state index contributed by atoms with van der Waals surface area (Å²) in [6.07, 6.45) is -9.11. The van der Waals surface area contributed by atoms with Crippen molar-refractivity contribution in [1.29, 1.82) is 0 Å². The van der Waals surface area contributed by atoms with Crippen LogP contribution in [0.1, 0.15) is 18.2 Å². The molecule has 0 N–H and O–H groups in total. The lowest BCUT2D eigenvalue weighted by molar-refractivity contribution is -0.274. The van der Waals surface area contributed by atoms with E-state index in [-0.39, 0.29) is 5.75 Å². The Morgan fingerprint density at radius 2 is 1.66 bits per heavy atom. The maximum Gasteiger partial charge on any atom is 0.573 e. The Kier molecular flexibility index (Phi) is 8.51. The molecule has 0 radical (unpaired) electrons. The van der Waals surface area contributed by atoms with E-state index in [0.717, 1.165) is 38.8 Å². The Morgan fingerprint density at radius 3 is 2.29 bits per heavy atom. The molecule has 6 nitrogen and oxygen atoms in total. The van der Waals surface area contributed by atoms with Crippen LogP contribution in [0, 0.1) is 0 Å². The molecule has 0 unspecified atom stereocenters. The summed E-state index contributed by atoms with van der Waals surface area (Å²) in [5.74, 6) is 0.324. The second kappa shape index (κ2) is 11.6. The van der Waals surface area contributed by atoms with Gasteiger partial charge in [-0.05, 0) is 49.0 Å². The van der Waals surface area contributed by atoms with Gasteiger partial charge < -0.3 is 14.2 Å². The van der Waals surface area contributed by atoms with Gasteiger partial charge in [0.05, 0.1) is 12.1 Å². The molecule has 1 aliphatic rings. The van der Waals surface area contributed by atoms with E-state index in [2.05, 4.69) is 19.7 Å². The van der Waals surface area contributed by atoms with Gasteiger partial charge in [0.25, 0.3) is 0 Å². The molecule has 0 bridgehead atoms. The van der Waals surface area contributed by atoms with Crippen LogP contribution in [-0.4, -0.2) is 67.1 Å². The summed E-state index contributed by atoms with van der Waals surface area (Å²) in [5, 5.41) is 4.04. The second-order valence-electron chi connectivity index (χ2n) is 9.00. The minimum absolute atomic E-state index is 0.308. The zero-order valence-electron chi connectivity index (χ0n) is 20.7. The molecule has 2 aromatic carbocycles. The van der Waals surface area contributed by atoms with Gasteiger partial charge in [-0.25, -0.2) is 0 Å². The first-order valence-corrected chi connectivity index (χ1v) is 12.2. The van der Waals surface area contributed by atoms with Crippen LogP contribution in [0.25, 0.3) is 11.3 Å². The Morgan fingerprint density at radius 1 is 0.947 bits per heavy atom. The van der Waals surface area contributed by atoms with Crippen molar-refractivity contribution in [3.05, 3.63) is 65.9 Å². The number of alkyl halides is 6. The molecule has 0 spiro atoms. The average Bonchev–Trinajstić information content (AvgIpc) is 3.34. The number of nitrogens with zero attached hydrogens (tertiary/aromatic N) is 4. The molecule has 1 aliphatic heterocycles. The normalized spacial score (nSPS) is 15.3. The van der Waals surface area contributed by atoms with Crippen molar-refractivity contribution in [2.75, 3.05) is 50.7 Å². The van der Waals surface area contributed by atoms with Gasteiger partial charge in [0, 0.05) is 56.6 Å². The van der Waals surface area contributed by atoms with E-state index >= 15 is 0 Å². The molecule has 0 amide bonds. The molecule has 0 aliphatic carbocycles. The standard InChI is InChI=1S/C26H28F6N4O2/c1-2-34(18-23-17-24(33-38-23)19-6-8-22(9-7-19)37-26(30,31)32)10-11-35-12-14-36(15-13-35)21-5-3-4-20(16-21)25(27,28)29/h3-9,16-17H,2,10-15,18H2,1H3. The fraction of sp³-hybridized carbons (Fsp3) is 0.423. The molecule has 12 heteroatoms. The van der Waals surface area contributed by atoms with Crippen LogP contribution < -0.4 is 9.64 Å². The lowest BCUT2D eigenvalue weighted by Gasteiger charge is -2.37. The third-order valence-electron chi connectivity index (χ3n) is 6.41. The van der Waals surface area contributed by atoms with Crippen molar-refractivity contribution < 1.29 is 35.6 Å². The summed E-state index contributed by atoms with van der Waals surface area (Å²) in [4.78, 5) is 6.44. The maximum absolute atomic E-state index is 13.0. The lowest BCUT2D eigenvalue weighted by atomic mass is 10.1. The van der Waals surface area contributed by atoms with Gasteiger partial charge in [0.15, 0.2) is 5.76 Å². The quantitative estimate of drug-likeness (QED) is 0.314. The first-order chi connectivity index (χ1) is 18.0. The monoisotopic (exact) mass is 542 g/mol. The van der Waals surface area contributed by atoms with Crippen molar-refractivity contribution in [3.8, 4) is 17.0 Å². The van der Waals surface area contributed by atoms with Crippen LogP contribution in [0.15, 0.2) is 59.1 Å². The van der Waals surface area contributed by atoms with E-state index in [1.54, 1.807) is 12.1 Å². The number of anilines is 1. The van der Waals surface area contributed by atoms with Gasteiger partial charge >= 0.3 is 12.5 Å². The molecular weight excluding hydrogens is 514 g/mol. The Bertz CT molecular complexity index is 1170. The number of benzene rings is 2. The van der Waals surface area contributed by atoms with Crippen molar-refractivity contribution >= 4 is 5.69 Å². The predicted molar refractivity (Wildman–Crippen MR) is 130 cm³/mol. The van der Waals surface area contributed by atoms with Crippen molar-refractivity contribution in [2.45, 2.75) is 26.0 Å². The van der Waals surface area contributed by atoms with Crippen LogP contribution in [0.5, 0.6) is 5.75 Å². The van der Waals surface area contributed by atoms with E-state index in [1.807, 2.05) is 11.8 Å². The molecular formula is C26H28F6N4O2.